The van der Waals surface area contributed by atoms with Gasteiger partial charge in [0.25, 0.3) is 0 Å². The zero-order valence-corrected chi connectivity index (χ0v) is 15.2. The first-order valence-corrected chi connectivity index (χ1v) is 11.6. The molecule has 0 fully saturated rings. The molecule has 0 saturated heterocycles. The molecule has 0 heterocycles. The van der Waals surface area contributed by atoms with Crippen molar-refractivity contribution in [1.82, 2.24) is 0 Å². The van der Waals surface area contributed by atoms with E-state index < -0.39 is 22.5 Å². The summed E-state index contributed by atoms with van der Waals surface area (Å²) >= 11 is -1.27. The van der Waals surface area contributed by atoms with E-state index >= 15 is 0 Å². The molecule has 2 atom stereocenters. The number of hydrogen-bond acceptors (Lipinski definition) is 1. The summed E-state index contributed by atoms with van der Waals surface area (Å²) in [5.74, 6) is 0.577. The van der Waals surface area contributed by atoms with Crippen molar-refractivity contribution in [2.24, 2.45) is 0 Å². The summed E-state index contributed by atoms with van der Waals surface area (Å²) in [4.78, 5) is 0. The Kier molecular flexibility index (Phi) is 4.18. The van der Waals surface area contributed by atoms with Crippen LogP contribution in [-0.4, -0.2) is 6.10 Å². The predicted octanol–water partition coefficient (Wildman–Crippen LogP) is 5.14. The molecule has 2 aromatic carbocycles. The van der Waals surface area contributed by atoms with Gasteiger partial charge in [-0.25, -0.2) is 0 Å². The van der Waals surface area contributed by atoms with Gasteiger partial charge < -0.3 is 0 Å². The van der Waals surface area contributed by atoms with Crippen LogP contribution in [0.1, 0.15) is 34.1 Å². The fourth-order valence-corrected chi connectivity index (χ4v) is 5.13. The average Bonchev–Trinajstić information content (AvgIpc) is 3.17. The van der Waals surface area contributed by atoms with Crippen LogP contribution < -0.4 is 0 Å². The Labute approximate surface area is 146 Å². The van der Waals surface area contributed by atoms with Crippen molar-refractivity contribution in [3.63, 3.8) is 0 Å². The minimum atomic E-state index is -1.27. The van der Waals surface area contributed by atoms with Crippen LogP contribution in [0, 0.1) is 0 Å². The van der Waals surface area contributed by atoms with Crippen LogP contribution >= 0.6 is 8.51 Å². The SMILES string of the molecule is [Cl][Zr][O]C(C1C=Cc2ccccc21)C1C=Cc2ccccc21. The molecule has 0 bridgehead atoms. The van der Waals surface area contributed by atoms with Gasteiger partial charge in [0.1, 0.15) is 0 Å². The first kappa shape index (κ1) is 14.6. The van der Waals surface area contributed by atoms with E-state index in [1.165, 1.54) is 22.3 Å². The molecule has 22 heavy (non-hydrogen) atoms. The maximum absolute atomic E-state index is 6.16. The second kappa shape index (κ2) is 6.28. The van der Waals surface area contributed by atoms with E-state index in [4.69, 9.17) is 11.3 Å². The molecule has 3 heteroatoms. The molecule has 0 aromatic heterocycles. The van der Waals surface area contributed by atoms with E-state index in [2.05, 4.69) is 72.8 Å². The van der Waals surface area contributed by atoms with Crippen molar-refractivity contribution in [3.8, 4) is 0 Å². The third-order valence-corrected chi connectivity index (χ3v) is 5.98. The summed E-state index contributed by atoms with van der Waals surface area (Å²) in [6.45, 7) is 0. The number of hydrogen-bond donors (Lipinski definition) is 0. The summed E-state index contributed by atoms with van der Waals surface area (Å²) in [5.41, 5.74) is 5.32. The zero-order valence-electron chi connectivity index (χ0n) is 11.9. The van der Waals surface area contributed by atoms with Gasteiger partial charge in [0.2, 0.25) is 0 Å². The molecule has 108 valence electrons. The molecule has 0 amide bonds. The Morgan fingerprint density at radius 2 is 1.32 bits per heavy atom. The molecule has 1 nitrogen and oxygen atoms in total. The third kappa shape index (κ3) is 2.48. The van der Waals surface area contributed by atoms with Gasteiger partial charge in [-0.05, 0) is 0 Å². The first-order valence-electron chi connectivity index (χ1n) is 7.44. The quantitative estimate of drug-likeness (QED) is 0.707. The van der Waals surface area contributed by atoms with Gasteiger partial charge in [0, 0.05) is 0 Å². The average molecular weight is 386 g/mol. The second-order valence-electron chi connectivity index (χ2n) is 5.69. The molecule has 0 spiro atoms. The number of rotatable bonds is 4. The Balaban J connectivity index is 1.72. The number of fused-ring (bicyclic) bond motifs is 2. The van der Waals surface area contributed by atoms with Crippen molar-refractivity contribution in [3.05, 3.63) is 82.9 Å². The summed E-state index contributed by atoms with van der Waals surface area (Å²) in [6, 6.07) is 17.1. The topological polar surface area (TPSA) is 9.23 Å². The van der Waals surface area contributed by atoms with Crippen LogP contribution in [0.2, 0.25) is 0 Å². The Morgan fingerprint density at radius 3 is 1.82 bits per heavy atom. The normalized spacial score (nSPS) is 22.4. The van der Waals surface area contributed by atoms with Crippen LogP contribution in [0.3, 0.4) is 0 Å². The summed E-state index contributed by atoms with van der Waals surface area (Å²) in [6.07, 6.45) is 9.07. The summed E-state index contributed by atoms with van der Waals surface area (Å²) in [7, 11) is 6.11. The zero-order chi connectivity index (χ0) is 14.9. The van der Waals surface area contributed by atoms with Crippen LogP contribution in [-0.2, 0) is 25.3 Å². The molecule has 2 aliphatic carbocycles. The standard InChI is InChI=1S/C19H15O.ClH.Zr/c20-19(17-11-9-13-5-1-3-7-15(13)17)18-12-10-14-6-2-4-8-16(14)18;;/h1-12,17-19H;1H;/q-1;;+2/p-1. The molecule has 0 saturated carbocycles. The van der Waals surface area contributed by atoms with Crippen LogP contribution in [0.25, 0.3) is 12.2 Å². The van der Waals surface area contributed by atoms with Crippen molar-refractivity contribution in [2.45, 2.75) is 17.9 Å². The van der Waals surface area contributed by atoms with Crippen molar-refractivity contribution in [1.29, 1.82) is 0 Å². The fraction of sp³-hybridized carbons (Fsp3) is 0.158. The van der Waals surface area contributed by atoms with Gasteiger partial charge in [0.15, 0.2) is 0 Å². The van der Waals surface area contributed by atoms with Crippen molar-refractivity contribution >= 4 is 20.7 Å². The molecule has 0 N–H and O–H groups in total. The Morgan fingerprint density at radius 1 is 0.818 bits per heavy atom. The second-order valence-corrected chi connectivity index (χ2v) is 7.56. The van der Waals surface area contributed by atoms with E-state index in [1.54, 1.807) is 0 Å². The van der Waals surface area contributed by atoms with Crippen LogP contribution in [0.15, 0.2) is 60.7 Å². The molecular weight excluding hydrogens is 371 g/mol. The maximum atomic E-state index is 6.16. The third-order valence-electron chi connectivity index (χ3n) is 4.57. The van der Waals surface area contributed by atoms with E-state index in [0.29, 0.717) is 0 Å². The molecule has 4 rings (SSSR count). The van der Waals surface area contributed by atoms with Gasteiger partial charge in [-0.1, -0.05) is 0 Å². The first-order chi connectivity index (χ1) is 10.9. The Hall–Kier alpha value is -0.947. The molecule has 2 unspecified atom stereocenters. The molecule has 2 aliphatic rings. The van der Waals surface area contributed by atoms with E-state index in [1.807, 2.05) is 0 Å². The van der Waals surface area contributed by atoms with E-state index in [-0.39, 0.29) is 17.9 Å². The molecule has 0 aliphatic heterocycles. The molecule has 2 aromatic rings. The van der Waals surface area contributed by atoms with Crippen LogP contribution in [0.5, 0.6) is 0 Å². The van der Waals surface area contributed by atoms with Gasteiger partial charge in [-0.2, -0.15) is 0 Å². The van der Waals surface area contributed by atoms with Gasteiger partial charge >= 0.3 is 147 Å². The number of benzene rings is 2. The van der Waals surface area contributed by atoms with Crippen molar-refractivity contribution in [2.75, 3.05) is 0 Å². The van der Waals surface area contributed by atoms with Gasteiger partial charge in [0.05, 0.1) is 0 Å². The summed E-state index contributed by atoms with van der Waals surface area (Å²) < 4.78 is 6.16. The predicted molar refractivity (Wildman–Crippen MR) is 87.2 cm³/mol. The minimum absolute atomic E-state index is 0.101. The Bertz CT molecular complexity index is 691. The molecular formula is C19H15ClOZr. The fourth-order valence-electron chi connectivity index (χ4n) is 3.55. The van der Waals surface area contributed by atoms with Crippen LogP contribution in [0.4, 0.5) is 0 Å². The van der Waals surface area contributed by atoms with E-state index in [9.17, 15) is 0 Å². The van der Waals surface area contributed by atoms with Gasteiger partial charge in [-0.15, -0.1) is 0 Å². The van der Waals surface area contributed by atoms with Crippen molar-refractivity contribution < 1.29 is 25.3 Å². The molecule has 0 radical (unpaired) electrons. The van der Waals surface area contributed by atoms with E-state index in [0.717, 1.165) is 0 Å². The monoisotopic (exact) mass is 384 g/mol. The van der Waals surface area contributed by atoms with Gasteiger partial charge in [-0.3, -0.25) is 0 Å². The number of halogens is 1. The summed E-state index contributed by atoms with van der Waals surface area (Å²) in [5, 5.41) is 0.